The maximum Gasteiger partial charge on any atom is 0.264 e. The summed E-state index contributed by atoms with van der Waals surface area (Å²) in [6.45, 7) is 9.84. The lowest BCUT2D eigenvalue weighted by Gasteiger charge is -2.35. The molecule has 2 atom stereocenters. The van der Waals surface area contributed by atoms with Crippen LogP contribution in [0.15, 0.2) is 65.6 Å². The van der Waals surface area contributed by atoms with Crippen molar-refractivity contribution in [2.45, 2.75) is 57.6 Å². The summed E-state index contributed by atoms with van der Waals surface area (Å²) in [5.41, 5.74) is 4.39. The van der Waals surface area contributed by atoms with Crippen molar-refractivity contribution in [2.75, 3.05) is 18.0 Å². The molecular weight excluding hydrogens is 488 g/mol. The molecule has 0 fully saturated rings. The molecule has 1 aliphatic rings. The van der Waals surface area contributed by atoms with Crippen LogP contribution in [-0.2, 0) is 14.8 Å². The molecule has 0 bridgehead atoms. The molecule has 0 aromatic heterocycles. The number of amides is 1. The first-order valence-electron chi connectivity index (χ1n) is 12.4. The molecule has 1 N–H and O–H groups in total. The van der Waals surface area contributed by atoms with Crippen molar-refractivity contribution >= 4 is 21.6 Å². The zero-order valence-electron chi connectivity index (χ0n) is 22.1. The smallest absolute Gasteiger partial charge is 0.264 e. The summed E-state index contributed by atoms with van der Waals surface area (Å²) in [6, 6.07) is 17.3. The summed E-state index contributed by atoms with van der Waals surface area (Å²) in [4.78, 5) is 13.6. The summed E-state index contributed by atoms with van der Waals surface area (Å²) >= 11 is 0. The highest BCUT2D eigenvalue weighted by Crippen LogP contribution is 2.37. The Hall–Kier alpha value is -3.52. The van der Waals surface area contributed by atoms with Crippen LogP contribution in [0.4, 0.5) is 5.69 Å². The van der Waals surface area contributed by atoms with Crippen LogP contribution in [0, 0.1) is 13.8 Å². The van der Waals surface area contributed by atoms with Crippen LogP contribution in [0.25, 0.3) is 0 Å². The summed E-state index contributed by atoms with van der Waals surface area (Å²) in [6.07, 6.45) is -1.01. The van der Waals surface area contributed by atoms with E-state index in [9.17, 15) is 13.2 Å². The number of nitrogens with zero attached hydrogens (tertiary/aromatic N) is 1. The number of ether oxygens (including phenoxy) is 2. The summed E-state index contributed by atoms with van der Waals surface area (Å²) < 4.78 is 40.0. The highest BCUT2D eigenvalue weighted by molar-refractivity contribution is 7.92. The highest BCUT2D eigenvalue weighted by Gasteiger charge is 2.38. The molecule has 1 amide bonds. The second-order valence-electron chi connectivity index (χ2n) is 9.76. The summed E-state index contributed by atoms with van der Waals surface area (Å²) in [7, 11) is -2.26. The van der Waals surface area contributed by atoms with Gasteiger partial charge in [0.2, 0.25) is 0 Å². The van der Waals surface area contributed by atoms with Crippen molar-refractivity contribution in [3.05, 3.63) is 82.9 Å². The topological polar surface area (TPSA) is 84.9 Å². The molecule has 0 radical (unpaired) electrons. The van der Waals surface area contributed by atoms with Crippen LogP contribution in [0.5, 0.6) is 11.5 Å². The zero-order valence-corrected chi connectivity index (χ0v) is 22.9. The lowest BCUT2D eigenvalue weighted by molar-refractivity contribution is -0.128. The van der Waals surface area contributed by atoms with E-state index in [-0.39, 0.29) is 29.3 Å². The van der Waals surface area contributed by atoms with Gasteiger partial charge in [-0.1, -0.05) is 43.7 Å². The number of sulfonamides is 1. The van der Waals surface area contributed by atoms with Gasteiger partial charge in [0.25, 0.3) is 15.9 Å². The molecule has 4 rings (SSSR count). The summed E-state index contributed by atoms with van der Waals surface area (Å²) in [5.74, 6) is 1.03. The van der Waals surface area contributed by atoms with E-state index >= 15 is 0 Å². The van der Waals surface area contributed by atoms with Crippen LogP contribution in [0.1, 0.15) is 55.0 Å². The molecule has 196 valence electrons. The maximum atomic E-state index is 13.6. The average Bonchev–Trinajstić information content (AvgIpc) is 2.87. The van der Waals surface area contributed by atoms with Gasteiger partial charge < -0.3 is 14.8 Å². The van der Waals surface area contributed by atoms with Gasteiger partial charge in [-0.05, 0) is 79.8 Å². The number of benzene rings is 3. The number of nitrogens with one attached hydrogen (secondary N) is 1. The molecule has 1 heterocycles. The first-order chi connectivity index (χ1) is 17.5. The first kappa shape index (κ1) is 26.5. The van der Waals surface area contributed by atoms with Gasteiger partial charge in [-0.15, -0.1) is 0 Å². The number of carbonyl (C=O) groups excluding carboxylic acids is 1. The number of aryl methyl sites for hydroxylation is 2. The summed E-state index contributed by atoms with van der Waals surface area (Å²) in [5, 5.41) is 3.03. The largest absolute Gasteiger partial charge is 0.496 e. The van der Waals surface area contributed by atoms with Crippen molar-refractivity contribution < 1.29 is 22.7 Å². The lowest BCUT2D eigenvalue weighted by atomic mass is 9.93. The molecular formula is C29H34N2O5S. The average molecular weight is 523 g/mol. The standard InChI is InChI=1S/C29H34N2O5S/c1-18(2)23-16-24(20(4)15-27(23)35-6)21(5)30-29(32)28-17-31(25-9-7-8-10-26(25)36-28)37(33,34)22-13-11-19(3)12-14-22/h7-16,18,21,28H,17H2,1-6H3,(H,30,32). The number of rotatable bonds is 7. The molecule has 0 saturated carbocycles. The maximum absolute atomic E-state index is 13.6. The zero-order chi connectivity index (χ0) is 26.9. The van der Waals surface area contributed by atoms with Gasteiger partial charge in [0.05, 0.1) is 30.3 Å². The number of carbonyl (C=O) groups is 1. The normalized spacial score (nSPS) is 16.1. The minimum Gasteiger partial charge on any atom is -0.496 e. The molecule has 7 nitrogen and oxygen atoms in total. The fourth-order valence-corrected chi connectivity index (χ4v) is 6.07. The molecule has 0 spiro atoms. The molecule has 0 saturated heterocycles. The Kier molecular flexibility index (Phi) is 7.50. The quantitative estimate of drug-likeness (QED) is 0.457. The van der Waals surface area contributed by atoms with E-state index in [0.29, 0.717) is 11.4 Å². The van der Waals surface area contributed by atoms with Crippen molar-refractivity contribution in [3.8, 4) is 11.5 Å². The van der Waals surface area contributed by atoms with Gasteiger partial charge in [-0.25, -0.2) is 8.42 Å². The van der Waals surface area contributed by atoms with E-state index in [1.54, 1.807) is 55.6 Å². The van der Waals surface area contributed by atoms with E-state index in [1.807, 2.05) is 26.8 Å². The lowest BCUT2D eigenvalue weighted by Crippen LogP contribution is -2.51. The van der Waals surface area contributed by atoms with Gasteiger partial charge >= 0.3 is 0 Å². The minimum atomic E-state index is -3.91. The van der Waals surface area contributed by atoms with Gasteiger partial charge in [-0.3, -0.25) is 9.10 Å². The van der Waals surface area contributed by atoms with Crippen molar-refractivity contribution in [2.24, 2.45) is 0 Å². The number of hydrogen-bond donors (Lipinski definition) is 1. The predicted molar refractivity (Wildman–Crippen MR) is 145 cm³/mol. The van der Waals surface area contributed by atoms with Gasteiger partial charge in [0.15, 0.2) is 6.10 Å². The molecule has 3 aromatic rings. The molecule has 8 heteroatoms. The van der Waals surface area contributed by atoms with Crippen LogP contribution in [0.3, 0.4) is 0 Å². The van der Waals surface area contributed by atoms with Crippen LogP contribution >= 0.6 is 0 Å². The molecule has 1 aliphatic heterocycles. The molecule has 3 aromatic carbocycles. The van der Waals surface area contributed by atoms with Crippen molar-refractivity contribution in [1.82, 2.24) is 5.32 Å². The Morgan fingerprint density at radius 3 is 2.35 bits per heavy atom. The number of hydrogen-bond acceptors (Lipinski definition) is 5. The molecule has 37 heavy (non-hydrogen) atoms. The van der Waals surface area contributed by atoms with Gasteiger partial charge in [0.1, 0.15) is 11.5 Å². The SMILES string of the molecule is COc1cc(C)c(C(C)NC(=O)C2CN(S(=O)(=O)c3ccc(C)cc3)c3ccccc3O2)cc1C(C)C. The fraction of sp³-hybridized carbons (Fsp3) is 0.345. The van der Waals surface area contributed by atoms with E-state index in [2.05, 4.69) is 25.2 Å². The highest BCUT2D eigenvalue weighted by atomic mass is 32.2. The van der Waals surface area contributed by atoms with E-state index in [0.717, 1.165) is 28.0 Å². The Balaban J connectivity index is 1.62. The van der Waals surface area contributed by atoms with Crippen molar-refractivity contribution in [1.29, 1.82) is 0 Å². The molecule has 0 aliphatic carbocycles. The second kappa shape index (κ2) is 10.5. The second-order valence-corrected chi connectivity index (χ2v) is 11.6. The molecule has 2 unspecified atom stereocenters. The van der Waals surface area contributed by atoms with E-state index in [4.69, 9.17) is 9.47 Å². The number of fused-ring (bicyclic) bond motifs is 1. The van der Waals surface area contributed by atoms with Gasteiger partial charge in [-0.2, -0.15) is 0 Å². The third-order valence-electron chi connectivity index (χ3n) is 6.70. The Morgan fingerprint density at radius 1 is 1.03 bits per heavy atom. The van der Waals surface area contributed by atoms with Crippen molar-refractivity contribution in [3.63, 3.8) is 0 Å². The van der Waals surface area contributed by atoms with Crippen LogP contribution < -0.4 is 19.1 Å². The Labute approximate surface area is 219 Å². The third kappa shape index (κ3) is 5.30. The fourth-order valence-electron chi connectivity index (χ4n) is 4.60. The third-order valence-corrected chi connectivity index (χ3v) is 8.50. The van der Waals surface area contributed by atoms with Gasteiger partial charge in [0, 0.05) is 0 Å². The predicted octanol–water partition coefficient (Wildman–Crippen LogP) is 5.27. The number of methoxy groups -OCH3 is 1. The Morgan fingerprint density at radius 2 is 1.70 bits per heavy atom. The number of anilines is 1. The Bertz CT molecular complexity index is 1400. The number of para-hydroxylation sites is 2. The van der Waals surface area contributed by atoms with E-state index < -0.39 is 16.1 Å². The van der Waals surface area contributed by atoms with E-state index in [1.165, 1.54) is 4.31 Å². The minimum absolute atomic E-state index is 0.134. The van der Waals surface area contributed by atoms with Crippen LogP contribution in [-0.4, -0.2) is 34.1 Å². The monoisotopic (exact) mass is 522 g/mol. The van der Waals surface area contributed by atoms with Crippen LogP contribution in [0.2, 0.25) is 0 Å². The first-order valence-corrected chi connectivity index (χ1v) is 13.8.